The first-order valence-electron chi connectivity index (χ1n) is 7.03. The van der Waals surface area contributed by atoms with Gasteiger partial charge in [-0.1, -0.05) is 0 Å². The number of likely N-dealkylation sites (tertiary alicyclic amines) is 1. The molecule has 1 saturated heterocycles. The Labute approximate surface area is 111 Å². The van der Waals surface area contributed by atoms with E-state index in [1.54, 1.807) is 0 Å². The van der Waals surface area contributed by atoms with Crippen LogP contribution in [0.3, 0.4) is 0 Å². The number of H-pyrrole nitrogens is 2. The predicted octanol–water partition coefficient (Wildman–Crippen LogP) is 0.307. The Morgan fingerprint density at radius 2 is 2.05 bits per heavy atom. The molecule has 0 radical (unpaired) electrons. The molecule has 1 aliphatic heterocycles. The molecule has 6 heteroatoms. The second-order valence-corrected chi connectivity index (χ2v) is 5.57. The van der Waals surface area contributed by atoms with Crippen molar-refractivity contribution in [3.8, 4) is 0 Å². The second-order valence-electron chi connectivity index (χ2n) is 5.57. The van der Waals surface area contributed by atoms with E-state index in [0.29, 0.717) is 11.7 Å². The van der Waals surface area contributed by atoms with E-state index in [1.165, 1.54) is 19.0 Å². The first-order chi connectivity index (χ1) is 9.22. The fourth-order valence-electron chi connectivity index (χ4n) is 2.56. The maximum atomic E-state index is 12.1. The number of nitrogens with zero attached hydrogens (tertiary/aromatic N) is 1. The molecule has 19 heavy (non-hydrogen) atoms. The number of rotatable bonds is 4. The summed E-state index contributed by atoms with van der Waals surface area (Å²) in [6.07, 6.45) is 6.17. The molecule has 0 spiro atoms. The zero-order valence-electron chi connectivity index (χ0n) is 10.9. The molecule has 3 rings (SSSR count). The molecule has 0 bridgehead atoms. The molecule has 0 atom stereocenters. The summed E-state index contributed by atoms with van der Waals surface area (Å²) in [5, 5.41) is 3.58. The summed E-state index contributed by atoms with van der Waals surface area (Å²) in [6.45, 7) is 2.65. The number of imidazole rings is 1. The molecule has 104 valence electrons. The number of piperidine rings is 1. The van der Waals surface area contributed by atoms with E-state index in [0.717, 1.165) is 38.4 Å². The molecule has 0 unspecified atom stereocenters. The van der Waals surface area contributed by atoms with Gasteiger partial charge in [-0.3, -0.25) is 4.79 Å². The molecule has 1 aromatic heterocycles. The van der Waals surface area contributed by atoms with Gasteiger partial charge in [-0.2, -0.15) is 0 Å². The van der Waals surface area contributed by atoms with Crippen molar-refractivity contribution in [3.63, 3.8) is 0 Å². The van der Waals surface area contributed by atoms with Gasteiger partial charge in [0.25, 0.3) is 5.91 Å². The summed E-state index contributed by atoms with van der Waals surface area (Å²) < 4.78 is 0. The number of carbonyl (C=O) groups is 1. The standard InChI is InChI=1S/C13H20N4O2/c18-12(11-8-15-13(19)16-11)17-5-3-10(4-6-17)14-7-9-1-2-9/h8-10,14H,1-7H2,(H2,15,16,19). The lowest BCUT2D eigenvalue weighted by Gasteiger charge is -2.32. The van der Waals surface area contributed by atoms with Gasteiger partial charge in [0.05, 0.1) is 0 Å². The van der Waals surface area contributed by atoms with Crippen LogP contribution in [0.4, 0.5) is 0 Å². The molecule has 1 aromatic rings. The molecule has 3 N–H and O–H groups in total. The van der Waals surface area contributed by atoms with Crippen molar-refractivity contribution >= 4 is 5.91 Å². The molecule has 0 aromatic carbocycles. The van der Waals surface area contributed by atoms with Crippen LogP contribution in [0.2, 0.25) is 0 Å². The van der Waals surface area contributed by atoms with E-state index in [4.69, 9.17) is 0 Å². The first kappa shape index (κ1) is 12.5. The second kappa shape index (κ2) is 5.21. The number of carbonyl (C=O) groups excluding carboxylic acids is 1. The Kier molecular flexibility index (Phi) is 3.42. The fourth-order valence-corrected chi connectivity index (χ4v) is 2.56. The van der Waals surface area contributed by atoms with Crippen LogP contribution in [0.1, 0.15) is 36.2 Å². The van der Waals surface area contributed by atoms with Crippen molar-refractivity contribution in [1.82, 2.24) is 20.2 Å². The van der Waals surface area contributed by atoms with Gasteiger partial charge < -0.3 is 20.2 Å². The zero-order valence-corrected chi connectivity index (χ0v) is 10.9. The summed E-state index contributed by atoms with van der Waals surface area (Å²) in [5.41, 5.74) is 0.0266. The highest BCUT2D eigenvalue weighted by atomic mass is 16.2. The van der Waals surface area contributed by atoms with Crippen molar-refractivity contribution in [1.29, 1.82) is 0 Å². The smallest absolute Gasteiger partial charge is 0.323 e. The molecule has 2 fully saturated rings. The third kappa shape index (κ3) is 3.07. The van der Waals surface area contributed by atoms with Crippen LogP contribution < -0.4 is 11.0 Å². The highest BCUT2D eigenvalue weighted by Gasteiger charge is 2.26. The van der Waals surface area contributed by atoms with Crippen LogP contribution in [-0.4, -0.2) is 46.5 Å². The number of amides is 1. The highest BCUT2D eigenvalue weighted by Crippen LogP contribution is 2.28. The SMILES string of the molecule is O=C(c1c[nH]c(=O)[nH]1)N1CCC(NCC2CC2)CC1. The van der Waals surface area contributed by atoms with Crippen molar-refractivity contribution < 1.29 is 4.79 Å². The summed E-state index contributed by atoms with van der Waals surface area (Å²) in [4.78, 5) is 29.9. The minimum atomic E-state index is -0.329. The third-order valence-corrected chi connectivity index (χ3v) is 4.00. The van der Waals surface area contributed by atoms with Gasteiger partial charge in [0.2, 0.25) is 0 Å². The van der Waals surface area contributed by atoms with Crippen LogP contribution in [0.5, 0.6) is 0 Å². The normalized spacial score (nSPS) is 20.7. The lowest BCUT2D eigenvalue weighted by atomic mass is 10.0. The van der Waals surface area contributed by atoms with Gasteiger partial charge in [0.1, 0.15) is 5.69 Å². The number of nitrogens with one attached hydrogen (secondary N) is 3. The third-order valence-electron chi connectivity index (χ3n) is 4.00. The minimum Gasteiger partial charge on any atom is -0.337 e. The number of aromatic nitrogens is 2. The van der Waals surface area contributed by atoms with Crippen LogP contribution in [0.25, 0.3) is 0 Å². The lowest BCUT2D eigenvalue weighted by molar-refractivity contribution is 0.0699. The lowest BCUT2D eigenvalue weighted by Crippen LogP contribution is -2.45. The monoisotopic (exact) mass is 264 g/mol. The molecular formula is C13H20N4O2. The number of hydrogen-bond donors (Lipinski definition) is 3. The van der Waals surface area contributed by atoms with Gasteiger partial charge in [-0.25, -0.2) is 4.79 Å². The Hall–Kier alpha value is -1.56. The molecule has 2 heterocycles. The van der Waals surface area contributed by atoms with E-state index in [2.05, 4.69) is 15.3 Å². The Balaban J connectivity index is 1.48. The molecule has 2 aliphatic rings. The van der Waals surface area contributed by atoms with Gasteiger partial charge >= 0.3 is 5.69 Å². The minimum absolute atomic E-state index is 0.0843. The molecule has 6 nitrogen and oxygen atoms in total. The summed E-state index contributed by atoms with van der Waals surface area (Å²) in [5.74, 6) is 0.809. The van der Waals surface area contributed by atoms with E-state index in [-0.39, 0.29) is 11.6 Å². The molecule has 1 aliphatic carbocycles. The van der Waals surface area contributed by atoms with Crippen molar-refractivity contribution in [3.05, 3.63) is 22.4 Å². The Morgan fingerprint density at radius 1 is 1.32 bits per heavy atom. The summed E-state index contributed by atoms with van der Waals surface area (Å²) in [6, 6.07) is 0.537. The highest BCUT2D eigenvalue weighted by molar-refractivity contribution is 5.92. The van der Waals surface area contributed by atoms with E-state index >= 15 is 0 Å². The van der Waals surface area contributed by atoms with E-state index < -0.39 is 0 Å². The van der Waals surface area contributed by atoms with Crippen LogP contribution >= 0.6 is 0 Å². The molecule has 1 amide bonds. The zero-order chi connectivity index (χ0) is 13.2. The fraction of sp³-hybridized carbons (Fsp3) is 0.692. The van der Waals surface area contributed by atoms with Gasteiger partial charge in [-0.05, 0) is 38.1 Å². The van der Waals surface area contributed by atoms with Gasteiger partial charge in [0.15, 0.2) is 0 Å². The maximum absolute atomic E-state index is 12.1. The number of hydrogen-bond acceptors (Lipinski definition) is 3. The van der Waals surface area contributed by atoms with Crippen molar-refractivity contribution in [2.24, 2.45) is 5.92 Å². The predicted molar refractivity (Wildman–Crippen MR) is 71.1 cm³/mol. The average molecular weight is 264 g/mol. The van der Waals surface area contributed by atoms with Crippen molar-refractivity contribution in [2.45, 2.75) is 31.7 Å². The molecular weight excluding hydrogens is 244 g/mol. The van der Waals surface area contributed by atoms with Crippen LogP contribution in [-0.2, 0) is 0 Å². The molecule has 1 saturated carbocycles. The Morgan fingerprint density at radius 3 is 2.63 bits per heavy atom. The van der Waals surface area contributed by atoms with Gasteiger partial charge in [0, 0.05) is 25.3 Å². The van der Waals surface area contributed by atoms with Crippen LogP contribution in [0, 0.1) is 5.92 Å². The number of aromatic amines is 2. The van der Waals surface area contributed by atoms with Crippen LogP contribution in [0.15, 0.2) is 11.0 Å². The average Bonchev–Trinajstić information content (AvgIpc) is 3.17. The van der Waals surface area contributed by atoms with E-state index in [1.807, 2.05) is 4.90 Å². The quantitative estimate of drug-likeness (QED) is 0.732. The first-order valence-corrected chi connectivity index (χ1v) is 7.03. The Bertz CT molecular complexity index is 495. The topological polar surface area (TPSA) is 81.0 Å². The maximum Gasteiger partial charge on any atom is 0.323 e. The van der Waals surface area contributed by atoms with Gasteiger partial charge in [-0.15, -0.1) is 0 Å². The summed E-state index contributed by atoms with van der Waals surface area (Å²) in [7, 11) is 0. The summed E-state index contributed by atoms with van der Waals surface area (Å²) >= 11 is 0. The van der Waals surface area contributed by atoms with Crippen molar-refractivity contribution in [2.75, 3.05) is 19.6 Å². The largest absolute Gasteiger partial charge is 0.337 e. The van der Waals surface area contributed by atoms with E-state index in [9.17, 15) is 9.59 Å².